The highest BCUT2D eigenvalue weighted by Gasteiger charge is 2.29. The summed E-state index contributed by atoms with van der Waals surface area (Å²) in [6, 6.07) is 12.1. The number of carbonyl (C=O) groups excluding carboxylic acids is 1. The lowest BCUT2D eigenvalue weighted by Gasteiger charge is -2.36. The highest BCUT2D eigenvalue weighted by Crippen LogP contribution is 2.20. The molecular formula is C19H23N5O. The average Bonchev–Trinajstić information content (AvgIpc) is 3.23. The number of rotatable bonds is 3. The molecule has 1 aromatic carbocycles. The van der Waals surface area contributed by atoms with E-state index in [0.29, 0.717) is 5.91 Å². The van der Waals surface area contributed by atoms with Gasteiger partial charge in [0.25, 0.3) is 0 Å². The number of piperazine rings is 1. The Hall–Kier alpha value is -2.47. The fraction of sp³-hybridized carbons (Fsp3) is 0.421. The summed E-state index contributed by atoms with van der Waals surface area (Å²) >= 11 is 0. The molecule has 2 aliphatic heterocycles. The molecule has 0 radical (unpaired) electrons. The molecule has 2 aliphatic rings. The van der Waals surface area contributed by atoms with Crippen molar-refractivity contribution in [1.29, 1.82) is 0 Å². The van der Waals surface area contributed by atoms with Gasteiger partial charge in [0.2, 0.25) is 11.9 Å². The molecule has 0 bridgehead atoms. The predicted molar refractivity (Wildman–Crippen MR) is 97.2 cm³/mol. The molecule has 0 saturated carbocycles. The van der Waals surface area contributed by atoms with Crippen molar-refractivity contribution in [2.24, 2.45) is 5.92 Å². The summed E-state index contributed by atoms with van der Waals surface area (Å²) in [6.07, 6.45) is 2.77. The van der Waals surface area contributed by atoms with E-state index in [-0.39, 0.29) is 5.92 Å². The lowest BCUT2D eigenvalue weighted by Crippen LogP contribution is -2.51. The highest BCUT2D eigenvalue weighted by molar-refractivity contribution is 5.79. The predicted octanol–water partition coefficient (Wildman–Crippen LogP) is 1.40. The third-order valence-electron chi connectivity index (χ3n) is 5.00. The molecule has 0 aliphatic carbocycles. The molecule has 25 heavy (non-hydrogen) atoms. The highest BCUT2D eigenvalue weighted by atomic mass is 16.2. The van der Waals surface area contributed by atoms with Crippen molar-refractivity contribution in [3.63, 3.8) is 0 Å². The van der Waals surface area contributed by atoms with Crippen LogP contribution in [-0.2, 0) is 4.79 Å². The quantitative estimate of drug-likeness (QED) is 0.917. The van der Waals surface area contributed by atoms with Crippen molar-refractivity contribution in [2.45, 2.75) is 6.42 Å². The van der Waals surface area contributed by atoms with Crippen LogP contribution in [0.4, 0.5) is 5.95 Å². The van der Waals surface area contributed by atoms with E-state index in [1.54, 1.807) is 0 Å². The van der Waals surface area contributed by atoms with Crippen LogP contribution in [0.15, 0.2) is 42.6 Å². The summed E-state index contributed by atoms with van der Waals surface area (Å²) in [6.45, 7) is 4.83. The number of hydrogen-bond acceptors (Lipinski definition) is 5. The molecular weight excluding hydrogens is 314 g/mol. The maximum absolute atomic E-state index is 12.5. The Labute approximate surface area is 147 Å². The molecule has 3 heterocycles. The SMILES string of the molecule is O=C([C@H]1CCNC1)N1CCN(c2nccc(-c3ccccc3)n2)CC1. The second-order valence-corrected chi connectivity index (χ2v) is 6.61. The Morgan fingerprint density at radius 3 is 2.60 bits per heavy atom. The van der Waals surface area contributed by atoms with Crippen LogP contribution >= 0.6 is 0 Å². The van der Waals surface area contributed by atoms with E-state index < -0.39 is 0 Å². The lowest BCUT2D eigenvalue weighted by molar-refractivity contribution is -0.135. The Balaban J connectivity index is 1.42. The van der Waals surface area contributed by atoms with Crippen molar-refractivity contribution in [1.82, 2.24) is 20.2 Å². The van der Waals surface area contributed by atoms with E-state index in [9.17, 15) is 4.79 Å². The maximum Gasteiger partial charge on any atom is 0.227 e. The van der Waals surface area contributed by atoms with Crippen LogP contribution in [0, 0.1) is 5.92 Å². The van der Waals surface area contributed by atoms with Gasteiger partial charge < -0.3 is 15.1 Å². The van der Waals surface area contributed by atoms with Crippen LogP contribution in [0.5, 0.6) is 0 Å². The molecule has 2 aromatic rings. The maximum atomic E-state index is 12.5. The van der Waals surface area contributed by atoms with Gasteiger partial charge in [0.05, 0.1) is 11.6 Å². The molecule has 6 nitrogen and oxygen atoms in total. The first-order valence-corrected chi connectivity index (χ1v) is 8.94. The zero-order chi connectivity index (χ0) is 17.1. The molecule has 4 rings (SSSR count). The largest absolute Gasteiger partial charge is 0.339 e. The molecule has 0 unspecified atom stereocenters. The molecule has 2 saturated heterocycles. The monoisotopic (exact) mass is 337 g/mol. The van der Waals surface area contributed by atoms with Crippen molar-refractivity contribution < 1.29 is 4.79 Å². The van der Waals surface area contributed by atoms with E-state index in [4.69, 9.17) is 4.98 Å². The second-order valence-electron chi connectivity index (χ2n) is 6.61. The van der Waals surface area contributed by atoms with Crippen LogP contribution in [-0.4, -0.2) is 60.0 Å². The molecule has 1 amide bonds. The van der Waals surface area contributed by atoms with Gasteiger partial charge in [0.1, 0.15) is 0 Å². The summed E-state index contributed by atoms with van der Waals surface area (Å²) < 4.78 is 0. The van der Waals surface area contributed by atoms with Crippen molar-refractivity contribution in [2.75, 3.05) is 44.2 Å². The summed E-state index contributed by atoms with van der Waals surface area (Å²) in [5, 5.41) is 3.27. The summed E-state index contributed by atoms with van der Waals surface area (Å²) in [7, 11) is 0. The van der Waals surface area contributed by atoms with Crippen LogP contribution in [0.2, 0.25) is 0 Å². The van der Waals surface area contributed by atoms with Crippen molar-refractivity contribution in [3.8, 4) is 11.3 Å². The smallest absolute Gasteiger partial charge is 0.227 e. The van der Waals surface area contributed by atoms with E-state index in [2.05, 4.69) is 27.3 Å². The first-order chi connectivity index (χ1) is 12.3. The fourth-order valence-electron chi connectivity index (χ4n) is 3.52. The van der Waals surface area contributed by atoms with Gasteiger partial charge in [-0.2, -0.15) is 0 Å². The van der Waals surface area contributed by atoms with Gasteiger partial charge in [-0.15, -0.1) is 0 Å². The Morgan fingerprint density at radius 2 is 1.88 bits per heavy atom. The number of nitrogens with zero attached hydrogens (tertiary/aromatic N) is 4. The van der Waals surface area contributed by atoms with Gasteiger partial charge >= 0.3 is 0 Å². The minimum absolute atomic E-state index is 0.157. The van der Waals surface area contributed by atoms with E-state index in [1.807, 2.05) is 35.4 Å². The van der Waals surface area contributed by atoms with E-state index in [1.165, 1.54) is 0 Å². The molecule has 1 aromatic heterocycles. The normalized spacial score (nSPS) is 20.7. The summed E-state index contributed by atoms with van der Waals surface area (Å²) in [4.78, 5) is 25.8. The number of carbonyl (C=O) groups is 1. The molecule has 2 fully saturated rings. The Morgan fingerprint density at radius 1 is 1.08 bits per heavy atom. The van der Waals surface area contributed by atoms with Crippen LogP contribution in [0.3, 0.4) is 0 Å². The van der Waals surface area contributed by atoms with Crippen molar-refractivity contribution in [3.05, 3.63) is 42.6 Å². The number of aromatic nitrogens is 2. The first-order valence-electron chi connectivity index (χ1n) is 8.94. The molecule has 1 atom stereocenters. The summed E-state index contributed by atoms with van der Waals surface area (Å²) in [5.74, 6) is 1.20. The zero-order valence-electron chi connectivity index (χ0n) is 14.3. The average molecular weight is 337 g/mol. The zero-order valence-corrected chi connectivity index (χ0v) is 14.3. The topological polar surface area (TPSA) is 61.4 Å². The van der Waals surface area contributed by atoms with Crippen LogP contribution in [0.25, 0.3) is 11.3 Å². The standard InChI is InChI=1S/C19H23N5O/c25-18(16-6-8-20-14-16)23-10-12-24(13-11-23)19-21-9-7-17(22-19)15-4-2-1-3-5-15/h1-5,7,9,16,20H,6,8,10-14H2/t16-/m0/s1. The molecule has 1 N–H and O–H groups in total. The first kappa shape index (κ1) is 16.0. The van der Waals surface area contributed by atoms with Gasteiger partial charge in [0, 0.05) is 44.5 Å². The van der Waals surface area contributed by atoms with Gasteiger partial charge in [0.15, 0.2) is 0 Å². The van der Waals surface area contributed by atoms with E-state index >= 15 is 0 Å². The van der Waals surface area contributed by atoms with Gasteiger partial charge in [-0.3, -0.25) is 4.79 Å². The third kappa shape index (κ3) is 3.49. The summed E-state index contributed by atoms with van der Waals surface area (Å²) in [5.41, 5.74) is 2.02. The number of benzene rings is 1. The van der Waals surface area contributed by atoms with Gasteiger partial charge in [-0.25, -0.2) is 9.97 Å². The van der Waals surface area contributed by atoms with Gasteiger partial charge in [-0.1, -0.05) is 30.3 Å². The minimum atomic E-state index is 0.157. The number of anilines is 1. The third-order valence-corrected chi connectivity index (χ3v) is 5.00. The fourth-order valence-corrected chi connectivity index (χ4v) is 3.52. The van der Waals surface area contributed by atoms with Crippen molar-refractivity contribution >= 4 is 11.9 Å². The molecule has 130 valence electrons. The molecule has 6 heteroatoms. The second kappa shape index (κ2) is 7.19. The Bertz CT molecular complexity index is 722. The minimum Gasteiger partial charge on any atom is -0.339 e. The van der Waals surface area contributed by atoms with Gasteiger partial charge in [-0.05, 0) is 19.0 Å². The lowest BCUT2D eigenvalue weighted by atomic mass is 10.1. The Kier molecular flexibility index (Phi) is 4.61. The number of nitrogens with one attached hydrogen (secondary N) is 1. The molecule has 0 spiro atoms. The number of amides is 1. The number of hydrogen-bond donors (Lipinski definition) is 1. The van der Waals surface area contributed by atoms with E-state index in [0.717, 1.165) is 62.9 Å². The van der Waals surface area contributed by atoms with Crippen LogP contribution in [0.1, 0.15) is 6.42 Å². The van der Waals surface area contributed by atoms with Crippen LogP contribution < -0.4 is 10.2 Å².